The molecule has 0 N–H and O–H groups in total. The average molecular weight is 348 g/mol. The maximum atomic E-state index is 12.3. The molecule has 0 atom stereocenters. The SMILES string of the molecule is FC(F)c1cnc(I)cc1CBr. The van der Waals surface area contributed by atoms with E-state index in [1.54, 1.807) is 6.07 Å². The Kier molecular flexibility index (Phi) is 3.82. The van der Waals surface area contributed by atoms with Gasteiger partial charge in [0, 0.05) is 17.1 Å². The van der Waals surface area contributed by atoms with Crippen LogP contribution in [0.4, 0.5) is 8.78 Å². The lowest BCUT2D eigenvalue weighted by molar-refractivity contribution is 0.150. The molecule has 0 fully saturated rings. The summed E-state index contributed by atoms with van der Waals surface area (Å²) in [6.45, 7) is 0. The Labute approximate surface area is 90.8 Å². The lowest BCUT2D eigenvalue weighted by Crippen LogP contribution is -1.95. The highest BCUT2D eigenvalue weighted by Gasteiger charge is 2.12. The van der Waals surface area contributed by atoms with Gasteiger partial charge in [0.25, 0.3) is 6.43 Å². The van der Waals surface area contributed by atoms with Gasteiger partial charge in [-0.25, -0.2) is 13.8 Å². The van der Waals surface area contributed by atoms with Crippen molar-refractivity contribution in [3.8, 4) is 0 Å². The molecule has 0 bridgehead atoms. The number of nitrogens with zero attached hydrogens (tertiary/aromatic N) is 1. The third-order valence-electron chi connectivity index (χ3n) is 1.37. The fraction of sp³-hybridized carbons (Fsp3) is 0.286. The summed E-state index contributed by atoms with van der Waals surface area (Å²) >= 11 is 5.14. The second-order valence-electron chi connectivity index (χ2n) is 2.14. The molecule has 0 aliphatic heterocycles. The minimum absolute atomic E-state index is 0.00675. The van der Waals surface area contributed by atoms with Gasteiger partial charge in [0.2, 0.25) is 0 Å². The number of rotatable bonds is 2. The number of hydrogen-bond acceptors (Lipinski definition) is 1. The van der Waals surface area contributed by atoms with E-state index in [9.17, 15) is 8.78 Å². The van der Waals surface area contributed by atoms with Crippen molar-refractivity contribution in [2.75, 3.05) is 0 Å². The predicted molar refractivity (Wildman–Crippen MR) is 54.5 cm³/mol. The molecule has 0 saturated carbocycles. The summed E-state index contributed by atoms with van der Waals surface area (Å²) in [6.07, 6.45) is -1.22. The van der Waals surface area contributed by atoms with Crippen molar-refractivity contribution in [1.82, 2.24) is 4.98 Å². The average Bonchev–Trinajstić information content (AvgIpc) is 2.03. The molecule has 0 spiro atoms. The summed E-state index contributed by atoms with van der Waals surface area (Å²) in [6, 6.07) is 1.65. The summed E-state index contributed by atoms with van der Waals surface area (Å²) in [7, 11) is 0. The van der Waals surface area contributed by atoms with Crippen molar-refractivity contribution in [1.29, 1.82) is 0 Å². The fourth-order valence-electron chi connectivity index (χ4n) is 0.791. The Morgan fingerprint density at radius 2 is 2.25 bits per heavy atom. The third-order valence-corrected chi connectivity index (χ3v) is 2.56. The van der Waals surface area contributed by atoms with E-state index in [2.05, 4.69) is 20.9 Å². The second kappa shape index (κ2) is 4.45. The monoisotopic (exact) mass is 347 g/mol. The minimum atomic E-state index is -2.44. The molecule has 0 unspecified atom stereocenters. The van der Waals surface area contributed by atoms with Gasteiger partial charge in [-0.05, 0) is 34.2 Å². The van der Waals surface area contributed by atoms with Crippen LogP contribution >= 0.6 is 38.5 Å². The van der Waals surface area contributed by atoms with Gasteiger partial charge < -0.3 is 0 Å². The zero-order valence-electron chi connectivity index (χ0n) is 5.90. The van der Waals surface area contributed by atoms with Gasteiger partial charge in [-0.1, -0.05) is 15.9 Å². The summed E-state index contributed by atoms with van der Waals surface area (Å²) in [4.78, 5) is 3.79. The van der Waals surface area contributed by atoms with E-state index in [0.29, 0.717) is 10.9 Å². The Bertz CT molecular complexity index is 280. The van der Waals surface area contributed by atoms with Crippen molar-refractivity contribution < 1.29 is 8.78 Å². The molecule has 1 rings (SSSR count). The smallest absolute Gasteiger partial charge is 0.250 e. The summed E-state index contributed by atoms with van der Waals surface area (Å²) in [5.41, 5.74) is 0.608. The first-order valence-corrected chi connectivity index (χ1v) is 5.33. The van der Waals surface area contributed by atoms with E-state index in [1.165, 1.54) is 6.20 Å². The summed E-state index contributed by atoms with van der Waals surface area (Å²) in [5.74, 6) is 0. The van der Waals surface area contributed by atoms with Gasteiger partial charge in [0.05, 0.1) is 0 Å². The van der Waals surface area contributed by atoms with Crippen LogP contribution in [0, 0.1) is 3.70 Å². The zero-order valence-corrected chi connectivity index (χ0v) is 9.64. The number of pyridine rings is 1. The molecule has 0 aliphatic carbocycles. The zero-order chi connectivity index (χ0) is 9.14. The first kappa shape index (κ1) is 10.3. The number of alkyl halides is 3. The van der Waals surface area contributed by atoms with Gasteiger partial charge in [-0.15, -0.1) is 0 Å². The Morgan fingerprint density at radius 3 is 2.75 bits per heavy atom. The highest BCUT2D eigenvalue weighted by molar-refractivity contribution is 14.1. The molecule has 1 aromatic rings. The van der Waals surface area contributed by atoms with Gasteiger partial charge in [0.15, 0.2) is 0 Å². The molecule has 12 heavy (non-hydrogen) atoms. The molecule has 0 aromatic carbocycles. The number of halogens is 4. The molecule has 0 radical (unpaired) electrons. The van der Waals surface area contributed by atoms with Crippen LogP contribution in [0.15, 0.2) is 12.3 Å². The van der Waals surface area contributed by atoms with E-state index >= 15 is 0 Å². The second-order valence-corrected chi connectivity index (χ2v) is 3.81. The largest absolute Gasteiger partial charge is 0.265 e. The molecule has 1 aromatic heterocycles. The van der Waals surface area contributed by atoms with Crippen LogP contribution in [0.25, 0.3) is 0 Å². The standard InChI is InChI=1S/C7H5BrF2IN/c8-2-4-1-6(11)12-3-5(4)7(9)10/h1,3,7H,2H2. The van der Waals surface area contributed by atoms with Crippen LogP contribution in [0.5, 0.6) is 0 Å². The highest BCUT2D eigenvalue weighted by atomic mass is 127. The van der Waals surface area contributed by atoms with E-state index in [-0.39, 0.29) is 5.56 Å². The lowest BCUT2D eigenvalue weighted by atomic mass is 10.2. The van der Waals surface area contributed by atoms with Crippen LogP contribution < -0.4 is 0 Å². The van der Waals surface area contributed by atoms with Gasteiger partial charge in [-0.3, -0.25) is 0 Å². The van der Waals surface area contributed by atoms with E-state index in [4.69, 9.17) is 0 Å². The molecule has 1 nitrogen and oxygen atoms in total. The van der Waals surface area contributed by atoms with Crippen molar-refractivity contribution in [3.05, 3.63) is 27.1 Å². The minimum Gasteiger partial charge on any atom is -0.250 e. The van der Waals surface area contributed by atoms with Crippen molar-refractivity contribution in [2.24, 2.45) is 0 Å². The fourth-order valence-corrected chi connectivity index (χ4v) is 1.79. The van der Waals surface area contributed by atoms with Crippen LogP contribution in [-0.2, 0) is 5.33 Å². The van der Waals surface area contributed by atoms with Crippen LogP contribution in [0.3, 0.4) is 0 Å². The Morgan fingerprint density at radius 1 is 1.58 bits per heavy atom. The molecular weight excluding hydrogens is 343 g/mol. The van der Waals surface area contributed by atoms with E-state index in [1.807, 2.05) is 22.6 Å². The van der Waals surface area contributed by atoms with Crippen LogP contribution in [0.2, 0.25) is 0 Å². The molecule has 5 heteroatoms. The normalized spacial score (nSPS) is 10.8. The molecular formula is C7H5BrF2IN. The van der Waals surface area contributed by atoms with Gasteiger partial charge >= 0.3 is 0 Å². The summed E-state index contributed by atoms with van der Waals surface area (Å²) < 4.78 is 25.3. The van der Waals surface area contributed by atoms with E-state index < -0.39 is 6.43 Å². The summed E-state index contributed by atoms with van der Waals surface area (Å²) in [5, 5.41) is 0.436. The van der Waals surface area contributed by atoms with Crippen molar-refractivity contribution in [3.63, 3.8) is 0 Å². The lowest BCUT2D eigenvalue weighted by Gasteiger charge is -2.04. The Hall–Kier alpha value is 0.220. The van der Waals surface area contributed by atoms with Crippen molar-refractivity contribution in [2.45, 2.75) is 11.8 Å². The quantitative estimate of drug-likeness (QED) is 0.453. The first-order valence-electron chi connectivity index (χ1n) is 3.13. The van der Waals surface area contributed by atoms with Gasteiger partial charge in [0.1, 0.15) is 3.70 Å². The maximum absolute atomic E-state index is 12.3. The third kappa shape index (κ3) is 2.35. The maximum Gasteiger partial charge on any atom is 0.265 e. The number of aromatic nitrogens is 1. The predicted octanol–water partition coefficient (Wildman–Crippen LogP) is 3.52. The van der Waals surface area contributed by atoms with Crippen LogP contribution in [-0.4, -0.2) is 4.98 Å². The molecule has 0 saturated heterocycles. The van der Waals surface area contributed by atoms with E-state index in [0.717, 1.165) is 3.70 Å². The van der Waals surface area contributed by atoms with Crippen LogP contribution in [0.1, 0.15) is 17.6 Å². The molecule has 1 heterocycles. The highest BCUT2D eigenvalue weighted by Crippen LogP contribution is 2.24. The van der Waals surface area contributed by atoms with Gasteiger partial charge in [-0.2, -0.15) is 0 Å². The molecule has 0 amide bonds. The topological polar surface area (TPSA) is 12.9 Å². The molecule has 0 aliphatic rings. The number of hydrogen-bond donors (Lipinski definition) is 0. The Balaban J connectivity index is 3.11. The first-order chi connectivity index (χ1) is 5.65. The van der Waals surface area contributed by atoms with Crippen molar-refractivity contribution >= 4 is 38.5 Å². The molecule has 66 valence electrons.